The van der Waals surface area contributed by atoms with Crippen molar-refractivity contribution in [2.45, 2.75) is 58.7 Å². The van der Waals surface area contributed by atoms with Crippen LogP contribution >= 0.6 is 11.6 Å². The Hall–Kier alpha value is -0.730. The van der Waals surface area contributed by atoms with Gasteiger partial charge in [-0.1, -0.05) is 30.7 Å². The third kappa shape index (κ3) is 3.87. The van der Waals surface area contributed by atoms with Gasteiger partial charge in [0, 0.05) is 25.2 Å². The van der Waals surface area contributed by atoms with Crippen LogP contribution in [0.4, 0.5) is 5.69 Å². The van der Waals surface area contributed by atoms with E-state index >= 15 is 0 Å². The summed E-state index contributed by atoms with van der Waals surface area (Å²) in [7, 11) is 0. The van der Waals surface area contributed by atoms with E-state index in [-0.39, 0.29) is 0 Å². The van der Waals surface area contributed by atoms with Crippen molar-refractivity contribution in [1.82, 2.24) is 5.32 Å². The van der Waals surface area contributed by atoms with Crippen molar-refractivity contribution in [3.8, 4) is 0 Å². The largest absolute Gasteiger partial charge is 0.368 e. The number of hydrogen-bond acceptors (Lipinski definition) is 2. The summed E-state index contributed by atoms with van der Waals surface area (Å²) in [4.78, 5) is 2.42. The lowest BCUT2D eigenvalue weighted by Gasteiger charge is -2.31. The first-order valence-electron chi connectivity index (χ1n) is 7.41. The second kappa shape index (κ2) is 6.62. The first-order chi connectivity index (χ1) is 9.13. The zero-order chi connectivity index (χ0) is 13.8. The Morgan fingerprint density at radius 3 is 2.68 bits per heavy atom. The second-order valence-electron chi connectivity index (χ2n) is 5.69. The van der Waals surface area contributed by atoms with Crippen LogP contribution in [0.1, 0.15) is 45.6 Å². The first-order valence-corrected chi connectivity index (χ1v) is 7.78. The molecule has 0 heterocycles. The molecule has 0 bridgehead atoms. The Morgan fingerprint density at radius 2 is 2.11 bits per heavy atom. The van der Waals surface area contributed by atoms with Crippen molar-refractivity contribution >= 4 is 17.3 Å². The second-order valence-corrected chi connectivity index (χ2v) is 6.10. The van der Waals surface area contributed by atoms with Gasteiger partial charge in [0.2, 0.25) is 0 Å². The lowest BCUT2D eigenvalue weighted by atomic mass is 10.1. The number of hydrogen-bond donors (Lipinski definition) is 1. The van der Waals surface area contributed by atoms with Gasteiger partial charge in [0.25, 0.3) is 0 Å². The predicted octanol–water partition coefficient (Wildman–Crippen LogP) is 4.22. The van der Waals surface area contributed by atoms with E-state index in [1.165, 1.54) is 24.1 Å². The Balaban J connectivity index is 2.23. The molecule has 2 nitrogen and oxygen atoms in total. The van der Waals surface area contributed by atoms with Crippen LogP contribution < -0.4 is 10.2 Å². The van der Waals surface area contributed by atoms with Gasteiger partial charge < -0.3 is 10.2 Å². The summed E-state index contributed by atoms with van der Waals surface area (Å²) in [5.41, 5.74) is 2.54. The Labute approximate surface area is 122 Å². The molecule has 0 spiro atoms. The van der Waals surface area contributed by atoms with E-state index in [4.69, 9.17) is 11.6 Å². The highest BCUT2D eigenvalue weighted by molar-refractivity contribution is 6.33. The van der Waals surface area contributed by atoms with E-state index in [1.54, 1.807) is 0 Å². The minimum Gasteiger partial charge on any atom is -0.368 e. The van der Waals surface area contributed by atoms with E-state index in [2.05, 4.69) is 43.1 Å². The standard InChI is InChI=1S/C16H25ClN2/c1-4-10-19(12(2)3)16-13(6-5-7-15(16)17)11-18-14-8-9-14/h5-7,12,14,18H,4,8-11H2,1-3H3. The number of halogens is 1. The van der Waals surface area contributed by atoms with Gasteiger partial charge in [0.15, 0.2) is 0 Å². The summed E-state index contributed by atoms with van der Waals surface area (Å²) in [6, 6.07) is 7.45. The van der Waals surface area contributed by atoms with Crippen molar-refractivity contribution in [2.75, 3.05) is 11.4 Å². The summed E-state index contributed by atoms with van der Waals surface area (Å²) in [5.74, 6) is 0. The molecule has 1 saturated carbocycles. The molecule has 3 heteroatoms. The quantitative estimate of drug-likeness (QED) is 0.805. The maximum atomic E-state index is 6.47. The molecule has 1 N–H and O–H groups in total. The molecule has 0 aliphatic heterocycles. The molecule has 1 aliphatic rings. The number of nitrogens with zero attached hydrogens (tertiary/aromatic N) is 1. The number of rotatable bonds is 7. The van der Waals surface area contributed by atoms with E-state index in [0.717, 1.165) is 30.6 Å². The van der Waals surface area contributed by atoms with Gasteiger partial charge in [-0.3, -0.25) is 0 Å². The highest BCUT2D eigenvalue weighted by Gasteiger charge is 2.22. The number of nitrogens with one attached hydrogen (secondary N) is 1. The zero-order valence-corrected chi connectivity index (χ0v) is 13.0. The Bertz CT molecular complexity index is 413. The van der Waals surface area contributed by atoms with Crippen molar-refractivity contribution in [3.63, 3.8) is 0 Å². The molecule has 1 aromatic rings. The topological polar surface area (TPSA) is 15.3 Å². The molecular weight excluding hydrogens is 256 g/mol. The molecule has 1 aliphatic carbocycles. The number of para-hydroxylation sites is 1. The molecule has 0 aromatic heterocycles. The first kappa shape index (κ1) is 14.7. The van der Waals surface area contributed by atoms with Gasteiger partial charge in [-0.25, -0.2) is 0 Å². The molecule has 0 atom stereocenters. The number of anilines is 1. The normalized spacial score (nSPS) is 15.0. The molecule has 2 rings (SSSR count). The molecule has 0 radical (unpaired) electrons. The fourth-order valence-corrected chi connectivity index (χ4v) is 2.74. The van der Waals surface area contributed by atoms with Crippen LogP contribution in [-0.4, -0.2) is 18.6 Å². The predicted molar refractivity (Wildman–Crippen MR) is 84.1 cm³/mol. The van der Waals surface area contributed by atoms with Crippen LogP contribution in [0, 0.1) is 0 Å². The molecular formula is C16H25ClN2. The van der Waals surface area contributed by atoms with Crippen LogP contribution in [0.15, 0.2) is 18.2 Å². The molecule has 0 amide bonds. The summed E-state index contributed by atoms with van der Waals surface area (Å²) in [6.45, 7) is 8.66. The summed E-state index contributed by atoms with van der Waals surface area (Å²) < 4.78 is 0. The maximum Gasteiger partial charge on any atom is 0.0643 e. The van der Waals surface area contributed by atoms with Gasteiger partial charge in [-0.2, -0.15) is 0 Å². The fourth-order valence-electron chi connectivity index (χ4n) is 2.44. The maximum absolute atomic E-state index is 6.47. The summed E-state index contributed by atoms with van der Waals surface area (Å²) in [6.07, 6.45) is 3.77. The molecule has 0 unspecified atom stereocenters. The minimum atomic E-state index is 0.472. The van der Waals surface area contributed by atoms with Gasteiger partial charge in [0.1, 0.15) is 0 Å². The molecule has 1 fully saturated rings. The van der Waals surface area contributed by atoms with Gasteiger partial charge >= 0.3 is 0 Å². The highest BCUT2D eigenvalue weighted by Crippen LogP contribution is 2.32. The average Bonchev–Trinajstić information content (AvgIpc) is 3.18. The monoisotopic (exact) mass is 280 g/mol. The molecule has 106 valence electrons. The lowest BCUT2D eigenvalue weighted by molar-refractivity contribution is 0.652. The van der Waals surface area contributed by atoms with Crippen LogP contribution in [0.3, 0.4) is 0 Å². The van der Waals surface area contributed by atoms with E-state index in [0.29, 0.717) is 6.04 Å². The average molecular weight is 281 g/mol. The van der Waals surface area contributed by atoms with Crippen molar-refractivity contribution in [3.05, 3.63) is 28.8 Å². The van der Waals surface area contributed by atoms with Crippen LogP contribution in [-0.2, 0) is 6.54 Å². The molecule has 1 aromatic carbocycles. The fraction of sp³-hybridized carbons (Fsp3) is 0.625. The van der Waals surface area contributed by atoms with Crippen LogP contribution in [0.2, 0.25) is 5.02 Å². The van der Waals surface area contributed by atoms with E-state index < -0.39 is 0 Å². The van der Waals surface area contributed by atoms with Crippen molar-refractivity contribution < 1.29 is 0 Å². The molecule has 0 saturated heterocycles. The third-order valence-electron chi connectivity index (χ3n) is 3.60. The highest BCUT2D eigenvalue weighted by atomic mass is 35.5. The number of benzene rings is 1. The minimum absolute atomic E-state index is 0.472. The third-order valence-corrected chi connectivity index (χ3v) is 3.91. The Morgan fingerprint density at radius 1 is 1.37 bits per heavy atom. The van der Waals surface area contributed by atoms with Crippen molar-refractivity contribution in [1.29, 1.82) is 0 Å². The summed E-state index contributed by atoms with van der Waals surface area (Å²) >= 11 is 6.47. The van der Waals surface area contributed by atoms with E-state index in [9.17, 15) is 0 Å². The smallest absolute Gasteiger partial charge is 0.0643 e. The van der Waals surface area contributed by atoms with Crippen LogP contribution in [0.5, 0.6) is 0 Å². The van der Waals surface area contributed by atoms with Crippen LogP contribution in [0.25, 0.3) is 0 Å². The van der Waals surface area contributed by atoms with Crippen molar-refractivity contribution in [2.24, 2.45) is 0 Å². The van der Waals surface area contributed by atoms with E-state index in [1.807, 2.05) is 6.07 Å². The SMILES string of the molecule is CCCN(c1c(Cl)cccc1CNC1CC1)C(C)C. The molecule has 19 heavy (non-hydrogen) atoms. The van der Waals surface area contributed by atoms with Gasteiger partial charge in [0.05, 0.1) is 10.7 Å². The Kier molecular flexibility index (Phi) is 5.12. The zero-order valence-electron chi connectivity index (χ0n) is 12.2. The van der Waals surface area contributed by atoms with Gasteiger partial charge in [-0.05, 0) is 44.7 Å². The summed E-state index contributed by atoms with van der Waals surface area (Å²) in [5, 5.41) is 4.46. The lowest BCUT2D eigenvalue weighted by Crippen LogP contribution is -2.33. The van der Waals surface area contributed by atoms with Gasteiger partial charge in [-0.15, -0.1) is 0 Å².